The van der Waals surface area contributed by atoms with Gasteiger partial charge in [0.15, 0.2) is 0 Å². The van der Waals surface area contributed by atoms with Crippen molar-refractivity contribution in [3.05, 3.63) is 52.4 Å². The van der Waals surface area contributed by atoms with Crippen molar-refractivity contribution in [3.8, 4) is 0 Å². The molecule has 1 fully saturated rings. The fraction of sp³-hybridized carbons (Fsp3) is 0.522. The van der Waals surface area contributed by atoms with Gasteiger partial charge < -0.3 is 14.7 Å². The number of hydrogen-bond acceptors (Lipinski definition) is 5. The standard InChI is InChI=1S/C23H32N4O3/c1-16-5-7-19(8-6-16)13-26(4)15-22(28)24-20-9-10-23(29)27(12-11-20)14-21-17(2)25-30-18(21)3/h5-8,20H,9-15H2,1-4H3,(H,24,28). The van der Waals surface area contributed by atoms with Gasteiger partial charge in [0.05, 0.1) is 18.8 Å². The molecule has 1 aliphatic rings. The fourth-order valence-corrected chi connectivity index (χ4v) is 3.85. The average molecular weight is 413 g/mol. The number of likely N-dealkylation sites (N-methyl/N-ethyl adjacent to an activating group) is 1. The molecule has 1 aromatic carbocycles. The number of benzene rings is 1. The maximum Gasteiger partial charge on any atom is 0.234 e. The van der Waals surface area contributed by atoms with Gasteiger partial charge in [0.1, 0.15) is 5.76 Å². The first-order chi connectivity index (χ1) is 14.3. The van der Waals surface area contributed by atoms with E-state index in [0.29, 0.717) is 32.5 Å². The van der Waals surface area contributed by atoms with Crippen molar-refractivity contribution in [1.29, 1.82) is 0 Å². The molecule has 0 radical (unpaired) electrons. The second kappa shape index (κ2) is 9.89. The molecule has 2 heterocycles. The highest BCUT2D eigenvalue weighted by Gasteiger charge is 2.25. The van der Waals surface area contributed by atoms with Crippen molar-refractivity contribution >= 4 is 11.8 Å². The van der Waals surface area contributed by atoms with E-state index >= 15 is 0 Å². The van der Waals surface area contributed by atoms with E-state index in [4.69, 9.17) is 4.52 Å². The van der Waals surface area contributed by atoms with E-state index in [0.717, 1.165) is 30.0 Å². The molecule has 2 aromatic rings. The summed E-state index contributed by atoms with van der Waals surface area (Å²) >= 11 is 0. The Hall–Kier alpha value is -2.67. The monoisotopic (exact) mass is 412 g/mol. The van der Waals surface area contributed by atoms with E-state index in [1.54, 1.807) is 0 Å². The largest absolute Gasteiger partial charge is 0.361 e. The van der Waals surface area contributed by atoms with Gasteiger partial charge in [0, 0.05) is 31.1 Å². The SMILES string of the molecule is Cc1ccc(CN(C)CC(=O)NC2CCC(=O)N(Cc3c(C)noc3C)CC2)cc1. The van der Waals surface area contributed by atoms with Crippen molar-refractivity contribution in [2.24, 2.45) is 0 Å². The number of carbonyl (C=O) groups is 2. The van der Waals surface area contributed by atoms with Crippen LogP contribution >= 0.6 is 0 Å². The lowest BCUT2D eigenvalue weighted by atomic mass is 10.1. The van der Waals surface area contributed by atoms with Gasteiger partial charge in [-0.2, -0.15) is 0 Å². The topological polar surface area (TPSA) is 78.7 Å². The minimum atomic E-state index is 0.00114. The van der Waals surface area contributed by atoms with Crippen molar-refractivity contribution in [2.45, 2.75) is 59.2 Å². The van der Waals surface area contributed by atoms with Crippen LogP contribution in [0.4, 0.5) is 0 Å². The van der Waals surface area contributed by atoms with Gasteiger partial charge in [-0.1, -0.05) is 35.0 Å². The van der Waals surface area contributed by atoms with Crippen molar-refractivity contribution in [3.63, 3.8) is 0 Å². The number of amides is 2. The lowest BCUT2D eigenvalue weighted by molar-refractivity contribution is -0.131. The summed E-state index contributed by atoms with van der Waals surface area (Å²) in [7, 11) is 1.95. The maximum atomic E-state index is 12.6. The predicted octanol–water partition coefficient (Wildman–Crippen LogP) is 2.73. The van der Waals surface area contributed by atoms with Crippen LogP contribution < -0.4 is 5.32 Å². The first-order valence-electron chi connectivity index (χ1n) is 10.5. The number of rotatable bonds is 7. The molecule has 1 saturated heterocycles. The summed E-state index contributed by atoms with van der Waals surface area (Å²) in [5, 5.41) is 7.09. The van der Waals surface area contributed by atoms with Gasteiger partial charge in [-0.25, -0.2) is 0 Å². The molecule has 7 nitrogen and oxygen atoms in total. The van der Waals surface area contributed by atoms with Gasteiger partial charge in [0.25, 0.3) is 0 Å². The summed E-state index contributed by atoms with van der Waals surface area (Å²) < 4.78 is 5.21. The molecule has 1 atom stereocenters. The normalized spacial score (nSPS) is 17.3. The van der Waals surface area contributed by atoms with Crippen LogP contribution in [0, 0.1) is 20.8 Å². The summed E-state index contributed by atoms with van der Waals surface area (Å²) in [4.78, 5) is 28.9. The van der Waals surface area contributed by atoms with E-state index in [1.165, 1.54) is 11.1 Å². The zero-order chi connectivity index (χ0) is 21.7. The van der Waals surface area contributed by atoms with E-state index in [2.05, 4.69) is 41.7 Å². The second-order valence-electron chi connectivity index (χ2n) is 8.37. The molecule has 0 aliphatic carbocycles. The highest BCUT2D eigenvalue weighted by atomic mass is 16.5. The zero-order valence-corrected chi connectivity index (χ0v) is 18.4. The minimum absolute atomic E-state index is 0.00114. The van der Waals surface area contributed by atoms with Crippen molar-refractivity contribution in [2.75, 3.05) is 20.1 Å². The molecule has 2 amide bonds. The summed E-state index contributed by atoms with van der Waals surface area (Å²) in [6, 6.07) is 8.37. The van der Waals surface area contributed by atoms with Gasteiger partial charge in [-0.15, -0.1) is 0 Å². The number of aromatic nitrogens is 1. The zero-order valence-electron chi connectivity index (χ0n) is 18.4. The fourth-order valence-electron chi connectivity index (χ4n) is 3.85. The average Bonchev–Trinajstić information content (AvgIpc) is 2.90. The molecule has 7 heteroatoms. The van der Waals surface area contributed by atoms with Crippen LogP contribution in [-0.2, 0) is 22.7 Å². The molecule has 1 aliphatic heterocycles. The van der Waals surface area contributed by atoms with E-state index in [1.807, 2.05) is 30.7 Å². The van der Waals surface area contributed by atoms with Crippen LogP contribution in [0.2, 0.25) is 0 Å². The van der Waals surface area contributed by atoms with Gasteiger partial charge in [-0.05, 0) is 46.2 Å². The Morgan fingerprint density at radius 3 is 2.63 bits per heavy atom. The van der Waals surface area contributed by atoms with Gasteiger partial charge >= 0.3 is 0 Å². The summed E-state index contributed by atoms with van der Waals surface area (Å²) in [5.41, 5.74) is 4.21. The van der Waals surface area contributed by atoms with Crippen molar-refractivity contribution in [1.82, 2.24) is 20.3 Å². The molecular formula is C23H32N4O3. The smallest absolute Gasteiger partial charge is 0.234 e. The Balaban J connectivity index is 1.48. The molecule has 30 heavy (non-hydrogen) atoms. The summed E-state index contributed by atoms with van der Waals surface area (Å²) in [5.74, 6) is 0.871. The molecule has 162 valence electrons. The Labute approximate surface area is 178 Å². The number of aryl methyl sites for hydroxylation is 3. The Morgan fingerprint density at radius 1 is 1.23 bits per heavy atom. The lowest BCUT2D eigenvalue weighted by Gasteiger charge is -2.22. The molecule has 0 bridgehead atoms. The number of carbonyl (C=O) groups excluding carboxylic acids is 2. The number of hydrogen-bond donors (Lipinski definition) is 1. The Bertz CT molecular complexity index is 856. The molecule has 0 spiro atoms. The van der Waals surface area contributed by atoms with Gasteiger partial charge in [0.2, 0.25) is 11.8 Å². The Kier molecular flexibility index (Phi) is 7.26. The third-order valence-electron chi connectivity index (χ3n) is 5.69. The van der Waals surface area contributed by atoms with Crippen molar-refractivity contribution < 1.29 is 14.1 Å². The third kappa shape index (κ3) is 5.92. The van der Waals surface area contributed by atoms with Crippen LogP contribution in [0.1, 0.15) is 47.4 Å². The molecule has 3 rings (SSSR count). The van der Waals surface area contributed by atoms with Crippen LogP contribution in [0.5, 0.6) is 0 Å². The molecular weight excluding hydrogens is 380 g/mol. The predicted molar refractivity (Wildman–Crippen MR) is 115 cm³/mol. The number of likely N-dealkylation sites (tertiary alicyclic amines) is 1. The third-order valence-corrected chi connectivity index (χ3v) is 5.69. The quantitative estimate of drug-likeness (QED) is 0.757. The molecule has 1 unspecified atom stereocenters. The van der Waals surface area contributed by atoms with E-state index < -0.39 is 0 Å². The first kappa shape index (κ1) is 22.0. The van der Waals surface area contributed by atoms with E-state index in [-0.39, 0.29) is 17.9 Å². The lowest BCUT2D eigenvalue weighted by Crippen LogP contribution is -2.41. The summed E-state index contributed by atoms with van der Waals surface area (Å²) in [6.07, 6.45) is 1.86. The van der Waals surface area contributed by atoms with Crippen LogP contribution in [-0.4, -0.2) is 52.9 Å². The van der Waals surface area contributed by atoms with Crippen LogP contribution in [0.25, 0.3) is 0 Å². The van der Waals surface area contributed by atoms with Crippen LogP contribution in [0.3, 0.4) is 0 Å². The number of nitrogens with one attached hydrogen (secondary N) is 1. The second-order valence-corrected chi connectivity index (χ2v) is 8.37. The Morgan fingerprint density at radius 2 is 1.97 bits per heavy atom. The van der Waals surface area contributed by atoms with Crippen LogP contribution in [0.15, 0.2) is 28.8 Å². The molecule has 0 saturated carbocycles. The highest BCUT2D eigenvalue weighted by molar-refractivity contribution is 5.79. The molecule has 1 aromatic heterocycles. The number of nitrogens with zero attached hydrogens (tertiary/aromatic N) is 3. The summed E-state index contributed by atoms with van der Waals surface area (Å²) in [6.45, 7) is 8.02. The molecule has 1 N–H and O–H groups in total. The first-order valence-corrected chi connectivity index (χ1v) is 10.5. The minimum Gasteiger partial charge on any atom is -0.361 e. The van der Waals surface area contributed by atoms with Gasteiger partial charge in [-0.3, -0.25) is 14.5 Å². The highest BCUT2D eigenvalue weighted by Crippen LogP contribution is 2.19. The van der Waals surface area contributed by atoms with E-state index in [9.17, 15) is 9.59 Å². The maximum absolute atomic E-state index is 12.6.